The Balaban J connectivity index is 2.26. The fraction of sp³-hybridized carbons (Fsp3) is 0.455. The number of ether oxygens (including phenoxy) is 1. The molecule has 1 aliphatic rings. The smallest absolute Gasteiger partial charge is 0.404 e. The van der Waals surface area contributed by atoms with Gasteiger partial charge in [0, 0.05) is 12.6 Å². The van der Waals surface area contributed by atoms with Crippen LogP contribution in [0.1, 0.15) is 6.42 Å². The van der Waals surface area contributed by atoms with E-state index in [1.165, 1.54) is 12.1 Å². The van der Waals surface area contributed by atoms with Gasteiger partial charge in [0.05, 0.1) is 0 Å². The summed E-state index contributed by atoms with van der Waals surface area (Å²) in [5.41, 5.74) is 0. The number of halogens is 3. The quantitative estimate of drug-likeness (QED) is 0.878. The summed E-state index contributed by atoms with van der Waals surface area (Å²) in [6, 6.07) is 4.32. The lowest BCUT2D eigenvalue weighted by Gasteiger charge is -2.16. The number of sulfonamides is 1. The van der Waals surface area contributed by atoms with Gasteiger partial charge < -0.3 is 10.1 Å². The predicted molar refractivity (Wildman–Crippen MR) is 64.7 cm³/mol. The molecule has 20 heavy (non-hydrogen) atoms. The van der Waals surface area contributed by atoms with E-state index in [9.17, 15) is 21.6 Å². The molecule has 0 aliphatic carbocycles. The Labute approximate surface area is 114 Å². The van der Waals surface area contributed by atoms with Gasteiger partial charge >= 0.3 is 6.36 Å². The standard InChI is InChI=1S/C11H13F3N2O3S/c12-11(13,14)19-9-3-1-2-4-10(9)20(17,18)16-8-5-6-15-7-8/h1-4,8,15-16H,5-7H2/t8-/m1/s1. The van der Waals surface area contributed by atoms with E-state index in [-0.39, 0.29) is 6.04 Å². The van der Waals surface area contributed by atoms with Gasteiger partial charge in [-0.3, -0.25) is 0 Å². The van der Waals surface area contributed by atoms with Crippen molar-refractivity contribution >= 4 is 10.0 Å². The third kappa shape index (κ3) is 3.84. The van der Waals surface area contributed by atoms with E-state index < -0.39 is 27.0 Å². The van der Waals surface area contributed by atoms with Gasteiger partial charge in [0.1, 0.15) is 10.6 Å². The van der Waals surface area contributed by atoms with E-state index in [1.807, 2.05) is 0 Å². The van der Waals surface area contributed by atoms with Gasteiger partial charge in [-0.1, -0.05) is 12.1 Å². The van der Waals surface area contributed by atoms with Crippen LogP contribution in [0.2, 0.25) is 0 Å². The molecule has 1 aromatic carbocycles. The number of hydrogen-bond acceptors (Lipinski definition) is 4. The lowest BCUT2D eigenvalue weighted by Crippen LogP contribution is -2.36. The highest BCUT2D eigenvalue weighted by molar-refractivity contribution is 7.89. The molecule has 1 heterocycles. The molecule has 0 spiro atoms. The molecule has 1 fully saturated rings. The van der Waals surface area contributed by atoms with Crippen molar-refractivity contribution in [2.75, 3.05) is 13.1 Å². The van der Waals surface area contributed by atoms with Crippen molar-refractivity contribution in [1.29, 1.82) is 0 Å². The Morgan fingerprint density at radius 3 is 2.60 bits per heavy atom. The van der Waals surface area contributed by atoms with Gasteiger partial charge in [0.2, 0.25) is 10.0 Å². The normalized spacial score (nSPS) is 20.1. The van der Waals surface area contributed by atoms with Crippen molar-refractivity contribution in [3.8, 4) is 5.75 Å². The molecule has 0 aromatic heterocycles. The summed E-state index contributed by atoms with van der Waals surface area (Å²) in [4.78, 5) is -0.524. The largest absolute Gasteiger partial charge is 0.573 e. The van der Waals surface area contributed by atoms with Crippen LogP contribution in [0.25, 0.3) is 0 Å². The van der Waals surface area contributed by atoms with Gasteiger partial charge in [0.25, 0.3) is 0 Å². The number of alkyl halides is 3. The molecule has 0 bridgehead atoms. The van der Waals surface area contributed by atoms with Crippen molar-refractivity contribution in [2.24, 2.45) is 0 Å². The minimum Gasteiger partial charge on any atom is -0.404 e. The maximum atomic E-state index is 12.3. The van der Waals surface area contributed by atoms with E-state index in [1.54, 1.807) is 0 Å². The molecule has 1 atom stereocenters. The maximum Gasteiger partial charge on any atom is 0.573 e. The lowest BCUT2D eigenvalue weighted by molar-refractivity contribution is -0.275. The number of para-hydroxylation sites is 1. The number of rotatable bonds is 4. The van der Waals surface area contributed by atoms with Crippen molar-refractivity contribution in [3.05, 3.63) is 24.3 Å². The molecular formula is C11H13F3N2O3S. The fourth-order valence-corrected chi connectivity index (χ4v) is 3.32. The van der Waals surface area contributed by atoms with Crippen LogP contribution in [-0.2, 0) is 10.0 Å². The van der Waals surface area contributed by atoms with Crippen LogP contribution in [0.4, 0.5) is 13.2 Å². The Kier molecular flexibility index (Phi) is 4.21. The number of nitrogens with one attached hydrogen (secondary N) is 2. The van der Waals surface area contributed by atoms with Gasteiger partial charge in [-0.15, -0.1) is 13.2 Å². The Morgan fingerprint density at radius 1 is 1.30 bits per heavy atom. The highest BCUT2D eigenvalue weighted by Crippen LogP contribution is 2.29. The van der Waals surface area contributed by atoms with Crippen molar-refractivity contribution in [3.63, 3.8) is 0 Å². The summed E-state index contributed by atoms with van der Waals surface area (Å²) < 4.78 is 67.1. The molecule has 5 nitrogen and oxygen atoms in total. The lowest BCUT2D eigenvalue weighted by atomic mass is 10.3. The summed E-state index contributed by atoms with van der Waals surface area (Å²) in [6.07, 6.45) is -4.36. The molecule has 1 aliphatic heterocycles. The summed E-state index contributed by atoms with van der Waals surface area (Å²) in [7, 11) is -4.06. The molecule has 0 amide bonds. The molecule has 2 N–H and O–H groups in total. The summed E-state index contributed by atoms with van der Waals surface area (Å²) in [6.45, 7) is 1.11. The van der Waals surface area contributed by atoms with Crippen molar-refractivity contribution in [2.45, 2.75) is 23.7 Å². The van der Waals surface area contributed by atoms with E-state index in [0.717, 1.165) is 12.1 Å². The topological polar surface area (TPSA) is 67.4 Å². The first-order valence-corrected chi connectivity index (χ1v) is 7.34. The van der Waals surface area contributed by atoms with Crippen LogP contribution in [0.15, 0.2) is 29.2 Å². The van der Waals surface area contributed by atoms with E-state index in [4.69, 9.17) is 0 Å². The average Bonchev–Trinajstić information content (AvgIpc) is 2.79. The highest BCUT2D eigenvalue weighted by Gasteiger charge is 2.34. The minimum atomic E-state index is -4.94. The van der Waals surface area contributed by atoms with Crippen LogP contribution in [-0.4, -0.2) is 33.9 Å². The number of benzene rings is 1. The average molecular weight is 310 g/mol. The van der Waals surface area contributed by atoms with Crippen LogP contribution >= 0.6 is 0 Å². The second kappa shape index (κ2) is 5.58. The first-order chi connectivity index (χ1) is 9.28. The molecule has 9 heteroatoms. The maximum absolute atomic E-state index is 12.3. The summed E-state index contributed by atoms with van der Waals surface area (Å²) >= 11 is 0. The monoisotopic (exact) mass is 310 g/mol. The fourth-order valence-electron chi connectivity index (χ4n) is 1.92. The molecular weight excluding hydrogens is 297 g/mol. The second-order valence-electron chi connectivity index (χ2n) is 4.31. The Morgan fingerprint density at radius 2 is 2.00 bits per heavy atom. The Bertz CT molecular complexity index is 569. The van der Waals surface area contributed by atoms with Crippen molar-refractivity contribution in [1.82, 2.24) is 10.0 Å². The molecule has 0 radical (unpaired) electrons. The first-order valence-electron chi connectivity index (χ1n) is 5.86. The van der Waals surface area contributed by atoms with Crippen molar-refractivity contribution < 1.29 is 26.3 Å². The van der Waals surface area contributed by atoms with Crippen LogP contribution in [0.5, 0.6) is 5.75 Å². The van der Waals surface area contributed by atoms with Gasteiger partial charge in [-0.2, -0.15) is 0 Å². The van der Waals surface area contributed by atoms with Gasteiger partial charge in [0.15, 0.2) is 0 Å². The predicted octanol–water partition coefficient (Wildman–Crippen LogP) is 1.23. The zero-order chi connectivity index (χ0) is 14.8. The SMILES string of the molecule is O=S(=O)(N[C@@H]1CCNC1)c1ccccc1OC(F)(F)F. The number of hydrogen-bond donors (Lipinski definition) is 2. The third-order valence-corrected chi connectivity index (χ3v) is 4.31. The molecule has 112 valence electrons. The second-order valence-corrected chi connectivity index (χ2v) is 5.99. The molecule has 0 saturated carbocycles. The summed E-state index contributed by atoms with van der Waals surface area (Å²) in [5.74, 6) is -0.738. The van der Waals surface area contributed by atoms with Crippen LogP contribution < -0.4 is 14.8 Å². The molecule has 2 rings (SSSR count). The first kappa shape index (κ1) is 15.1. The molecule has 1 saturated heterocycles. The van der Waals surface area contributed by atoms with Crippen LogP contribution in [0, 0.1) is 0 Å². The zero-order valence-electron chi connectivity index (χ0n) is 10.3. The van der Waals surface area contributed by atoms with E-state index in [0.29, 0.717) is 19.5 Å². The molecule has 1 aromatic rings. The van der Waals surface area contributed by atoms with Gasteiger partial charge in [-0.25, -0.2) is 13.1 Å². The van der Waals surface area contributed by atoms with Gasteiger partial charge in [-0.05, 0) is 25.1 Å². The minimum absolute atomic E-state index is 0.334. The zero-order valence-corrected chi connectivity index (χ0v) is 11.1. The summed E-state index contributed by atoms with van der Waals surface area (Å²) in [5, 5.41) is 2.96. The molecule has 0 unspecified atom stereocenters. The third-order valence-electron chi connectivity index (χ3n) is 2.75. The van der Waals surface area contributed by atoms with E-state index in [2.05, 4.69) is 14.8 Å². The van der Waals surface area contributed by atoms with Crippen LogP contribution in [0.3, 0.4) is 0 Å². The highest BCUT2D eigenvalue weighted by atomic mass is 32.2. The van der Waals surface area contributed by atoms with E-state index >= 15 is 0 Å². The Hall–Kier alpha value is -1.32.